The Morgan fingerprint density at radius 3 is 2.32 bits per heavy atom. The molecule has 6 nitrogen and oxygen atoms in total. The molecule has 1 saturated heterocycles. The van der Waals surface area contributed by atoms with E-state index in [9.17, 15) is 9.00 Å². The van der Waals surface area contributed by atoms with Crippen molar-refractivity contribution < 1.29 is 13.7 Å². The number of piperidine rings is 1. The van der Waals surface area contributed by atoms with Crippen LogP contribution in [0.3, 0.4) is 0 Å². The van der Waals surface area contributed by atoms with Crippen LogP contribution >= 0.6 is 0 Å². The van der Waals surface area contributed by atoms with Gasteiger partial charge in [-0.05, 0) is 56.9 Å². The number of rotatable bonds is 9. The van der Waals surface area contributed by atoms with Gasteiger partial charge in [0.2, 0.25) is 6.41 Å². The van der Waals surface area contributed by atoms with E-state index in [4.69, 9.17) is 4.74 Å². The molecule has 7 heteroatoms. The summed E-state index contributed by atoms with van der Waals surface area (Å²) in [5.74, 6) is 7.22. The van der Waals surface area contributed by atoms with Crippen molar-refractivity contribution >= 4 is 28.8 Å². The van der Waals surface area contributed by atoms with Crippen molar-refractivity contribution in [1.82, 2.24) is 4.31 Å². The van der Waals surface area contributed by atoms with Crippen LogP contribution in [0.5, 0.6) is 0 Å². The molecule has 0 aliphatic carbocycles. The molecule has 2 N–H and O–H groups in total. The van der Waals surface area contributed by atoms with E-state index in [-0.39, 0.29) is 5.25 Å². The van der Waals surface area contributed by atoms with Gasteiger partial charge in [-0.2, -0.15) is 0 Å². The van der Waals surface area contributed by atoms with Gasteiger partial charge >= 0.3 is 0 Å². The maximum atomic E-state index is 11.6. The first kappa shape index (κ1) is 27.2. The Kier molecular flexibility index (Phi) is 13.9. The number of anilines is 2. The summed E-state index contributed by atoms with van der Waals surface area (Å²) < 4.78 is 19.1. The molecule has 1 unspecified atom stereocenters. The van der Waals surface area contributed by atoms with Gasteiger partial charge in [-0.1, -0.05) is 32.6 Å². The Bertz CT molecular complexity index is 703. The summed E-state index contributed by atoms with van der Waals surface area (Å²) in [5, 5.41) is 6.09. The fourth-order valence-corrected chi connectivity index (χ4v) is 4.02. The number of hydrogen-bond acceptors (Lipinski definition) is 4. The van der Waals surface area contributed by atoms with E-state index in [1.165, 1.54) is 12.8 Å². The second-order valence-corrected chi connectivity index (χ2v) is 10.2. The smallest absolute Gasteiger partial charge is 0.211 e. The summed E-state index contributed by atoms with van der Waals surface area (Å²) in [6, 6.07) is 7.49. The van der Waals surface area contributed by atoms with Crippen molar-refractivity contribution in [2.75, 3.05) is 43.5 Å². The predicted molar refractivity (Wildman–Crippen MR) is 131 cm³/mol. The van der Waals surface area contributed by atoms with Gasteiger partial charge < -0.3 is 15.4 Å². The minimum atomic E-state index is -0.740. The number of carbonyl (C=O) groups is 1. The van der Waals surface area contributed by atoms with Gasteiger partial charge in [0.1, 0.15) is 6.61 Å². The molecule has 1 aliphatic heterocycles. The molecule has 0 saturated carbocycles. The summed E-state index contributed by atoms with van der Waals surface area (Å²) in [7, 11) is -0.740. The SMILES string of the molecule is CC(C)C#CCOCCNc1ccc(NC=O)cc1.CC1CCN(S(=O)C(C)C)CC1. The Morgan fingerprint density at radius 1 is 1.16 bits per heavy atom. The molecule has 1 fully saturated rings. The Hall–Kier alpha value is -1.88. The highest BCUT2D eigenvalue weighted by Gasteiger charge is 2.21. The van der Waals surface area contributed by atoms with Crippen LogP contribution < -0.4 is 10.6 Å². The molecule has 1 aliphatic rings. The van der Waals surface area contributed by atoms with Crippen LogP contribution in [0, 0.1) is 23.7 Å². The molecule has 0 spiro atoms. The molecule has 0 aromatic heterocycles. The molecule has 0 radical (unpaired) electrons. The molecule has 0 bridgehead atoms. The fraction of sp³-hybridized carbons (Fsp3) is 0.625. The van der Waals surface area contributed by atoms with Crippen LogP contribution in [-0.4, -0.2) is 53.0 Å². The van der Waals surface area contributed by atoms with E-state index < -0.39 is 11.0 Å². The van der Waals surface area contributed by atoms with Crippen molar-refractivity contribution in [2.24, 2.45) is 11.8 Å². The number of nitrogens with one attached hydrogen (secondary N) is 2. The monoisotopic (exact) mass is 449 g/mol. The highest BCUT2D eigenvalue weighted by Crippen LogP contribution is 2.18. The van der Waals surface area contributed by atoms with Gasteiger partial charge in [-0.25, -0.2) is 8.51 Å². The van der Waals surface area contributed by atoms with E-state index in [0.717, 1.165) is 36.9 Å². The normalized spacial score (nSPS) is 15.5. The van der Waals surface area contributed by atoms with Gasteiger partial charge in [0.25, 0.3) is 0 Å². The van der Waals surface area contributed by atoms with Crippen molar-refractivity contribution in [3.05, 3.63) is 24.3 Å². The molecule has 31 heavy (non-hydrogen) atoms. The Labute approximate surface area is 191 Å². The quantitative estimate of drug-likeness (QED) is 0.338. The summed E-state index contributed by atoms with van der Waals surface area (Å²) >= 11 is 0. The van der Waals surface area contributed by atoms with Crippen LogP contribution in [0.2, 0.25) is 0 Å². The topological polar surface area (TPSA) is 70.7 Å². The molecule has 1 aromatic carbocycles. The summed E-state index contributed by atoms with van der Waals surface area (Å²) in [6.07, 6.45) is 3.07. The number of amides is 1. The highest BCUT2D eigenvalue weighted by molar-refractivity contribution is 7.83. The molecule has 1 atom stereocenters. The van der Waals surface area contributed by atoms with Gasteiger partial charge in [0.05, 0.1) is 17.6 Å². The first-order valence-electron chi connectivity index (χ1n) is 11.1. The molecule has 174 valence electrons. The molecule has 2 rings (SSSR count). The number of nitrogens with zero attached hydrogens (tertiary/aromatic N) is 1. The number of benzene rings is 1. The van der Waals surface area contributed by atoms with Gasteiger partial charge in [0.15, 0.2) is 0 Å². The van der Waals surface area contributed by atoms with Crippen LogP contribution in [0.4, 0.5) is 11.4 Å². The molecule has 1 amide bonds. The summed E-state index contributed by atoms with van der Waals surface area (Å²) in [6.45, 7) is 14.3. The zero-order valence-corrected chi connectivity index (χ0v) is 20.5. The average molecular weight is 450 g/mol. The zero-order valence-electron chi connectivity index (χ0n) is 19.6. The fourth-order valence-electron chi connectivity index (χ4n) is 2.85. The van der Waals surface area contributed by atoms with E-state index in [1.54, 1.807) is 0 Å². The lowest BCUT2D eigenvalue weighted by atomic mass is 10.0. The highest BCUT2D eigenvalue weighted by atomic mass is 32.2. The van der Waals surface area contributed by atoms with Crippen molar-refractivity contribution in [3.63, 3.8) is 0 Å². The number of ether oxygens (including phenoxy) is 1. The van der Waals surface area contributed by atoms with Crippen molar-refractivity contribution in [1.29, 1.82) is 0 Å². The second kappa shape index (κ2) is 15.9. The Balaban J connectivity index is 0.000000343. The first-order chi connectivity index (χ1) is 14.8. The van der Waals surface area contributed by atoms with Crippen LogP contribution in [0.1, 0.15) is 47.5 Å². The maximum absolute atomic E-state index is 11.6. The minimum absolute atomic E-state index is 0.276. The third-order valence-electron chi connectivity index (χ3n) is 4.65. The van der Waals surface area contributed by atoms with Gasteiger partial charge in [-0.3, -0.25) is 4.79 Å². The van der Waals surface area contributed by atoms with Crippen LogP contribution in [0.25, 0.3) is 0 Å². The van der Waals surface area contributed by atoms with Gasteiger partial charge in [-0.15, -0.1) is 0 Å². The van der Waals surface area contributed by atoms with Gasteiger partial charge in [0, 0.05) is 42.2 Å². The van der Waals surface area contributed by atoms with Crippen LogP contribution in [-0.2, 0) is 20.5 Å². The predicted octanol–water partition coefficient (Wildman–Crippen LogP) is 4.13. The Morgan fingerprint density at radius 2 is 1.77 bits per heavy atom. The molecule has 1 aromatic rings. The maximum Gasteiger partial charge on any atom is 0.211 e. The third kappa shape index (κ3) is 12.5. The van der Waals surface area contributed by atoms with E-state index in [0.29, 0.717) is 25.5 Å². The number of hydrogen-bond donors (Lipinski definition) is 2. The van der Waals surface area contributed by atoms with Crippen LogP contribution in [0.15, 0.2) is 24.3 Å². The van der Waals surface area contributed by atoms with E-state index in [1.807, 2.05) is 38.1 Å². The van der Waals surface area contributed by atoms with Crippen molar-refractivity contribution in [2.45, 2.75) is 52.7 Å². The second-order valence-electron chi connectivity index (χ2n) is 8.23. The lowest BCUT2D eigenvalue weighted by Crippen LogP contribution is -2.37. The summed E-state index contributed by atoms with van der Waals surface area (Å²) in [5.41, 5.74) is 1.77. The van der Waals surface area contributed by atoms with E-state index >= 15 is 0 Å². The lowest BCUT2D eigenvalue weighted by molar-refractivity contribution is -0.105. The van der Waals surface area contributed by atoms with Crippen molar-refractivity contribution in [3.8, 4) is 11.8 Å². The molecular weight excluding hydrogens is 410 g/mol. The molecule has 1 heterocycles. The first-order valence-corrected chi connectivity index (χ1v) is 12.3. The third-order valence-corrected chi connectivity index (χ3v) is 6.33. The molecular formula is C24H39N3O3S. The number of carbonyl (C=O) groups excluding carboxylic acids is 1. The average Bonchev–Trinajstić information content (AvgIpc) is 2.74. The largest absolute Gasteiger partial charge is 0.383 e. The minimum Gasteiger partial charge on any atom is -0.383 e. The standard InChI is InChI=1S/C15H20N2O2.C9H19NOS/c1-13(2)4-3-10-19-11-9-16-14-5-7-15(8-6-14)17-12-18;1-8(2)12(11)10-6-4-9(3)5-7-10/h5-8,12-13,16H,9-11H2,1-2H3,(H,17,18);8-9H,4-7H2,1-3H3. The lowest BCUT2D eigenvalue weighted by Gasteiger charge is -2.30. The zero-order chi connectivity index (χ0) is 23.1. The van der Waals surface area contributed by atoms with E-state index in [2.05, 4.69) is 47.6 Å². The summed E-state index contributed by atoms with van der Waals surface area (Å²) in [4.78, 5) is 10.2.